The van der Waals surface area contributed by atoms with Gasteiger partial charge in [0, 0.05) is 17.1 Å². The normalized spacial score (nSPS) is 15.4. The van der Waals surface area contributed by atoms with E-state index < -0.39 is 0 Å². The van der Waals surface area contributed by atoms with E-state index >= 15 is 0 Å². The fourth-order valence-corrected chi connectivity index (χ4v) is 2.50. The highest BCUT2D eigenvalue weighted by Crippen LogP contribution is 2.28. The van der Waals surface area contributed by atoms with E-state index in [-0.39, 0.29) is 5.91 Å². The number of para-hydroxylation sites is 1. The van der Waals surface area contributed by atoms with E-state index in [0.29, 0.717) is 17.3 Å². The van der Waals surface area contributed by atoms with Crippen LogP contribution in [0, 0.1) is 0 Å². The lowest BCUT2D eigenvalue weighted by Crippen LogP contribution is -2.30. The Balaban J connectivity index is 1.91. The molecule has 0 aliphatic carbocycles. The lowest BCUT2D eigenvalue weighted by atomic mass is 10.1. The number of amides is 1. The van der Waals surface area contributed by atoms with Gasteiger partial charge in [0.15, 0.2) is 5.71 Å². The van der Waals surface area contributed by atoms with Crippen LogP contribution in [0.2, 0.25) is 5.02 Å². The summed E-state index contributed by atoms with van der Waals surface area (Å²) in [5.41, 5.74) is 2.82. The number of hydrogen-bond acceptors (Lipinski definition) is 3. The molecular weight excluding hydrogens is 310 g/mol. The van der Waals surface area contributed by atoms with Gasteiger partial charge < -0.3 is 4.90 Å². The van der Waals surface area contributed by atoms with Crippen LogP contribution in [0.1, 0.15) is 11.1 Å². The number of rotatable bonds is 4. The molecule has 0 radical (unpaired) electrons. The molecule has 0 aromatic heterocycles. The zero-order valence-corrected chi connectivity index (χ0v) is 13.1. The molecule has 2 aromatic carbocycles. The predicted octanol–water partition coefficient (Wildman–Crippen LogP) is 3.70. The van der Waals surface area contributed by atoms with Gasteiger partial charge in [-0.25, -0.2) is 0 Å². The second-order valence-corrected chi connectivity index (χ2v) is 5.40. The Hall–Kier alpha value is -2.72. The topological polar surface area (TPSA) is 45.0 Å². The highest BCUT2D eigenvalue weighted by molar-refractivity contribution is 6.54. The molecule has 0 unspecified atom stereocenters. The van der Waals surface area contributed by atoms with Gasteiger partial charge in [-0.3, -0.25) is 4.79 Å². The van der Waals surface area contributed by atoms with Gasteiger partial charge in [0.1, 0.15) is 0 Å². The molecule has 0 atom stereocenters. The molecule has 0 N–H and O–H groups in total. The Morgan fingerprint density at radius 3 is 2.61 bits per heavy atom. The largest absolute Gasteiger partial charge is 0.302 e. The number of halogens is 1. The summed E-state index contributed by atoms with van der Waals surface area (Å²) in [6.45, 7) is 4.13. The SMILES string of the molecule is C=CCN1C(=O)/C(=N\N=C/c2ccc(Cl)cc2)c2ccccc21. The first-order valence-corrected chi connectivity index (χ1v) is 7.47. The maximum absolute atomic E-state index is 12.5. The zero-order valence-electron chi connectivity index (χ0n) is 12.3. The molecule has 0 saturated carbocycles. The van der Waals surface area contributed by atoms with E-state index in [1.54, 1.807) is 29.3 Å². The second kappa shape index (κ2) is 6.58. The van der Waals surface area contributed by atoms with Gasteiger partial charge in [-0.2, -0.15) is 5.10 Å². The standard InChI is InChI=1S/C18H14ClN3O/c1-2-11-22-16-6-4-3-5-15(16)17(18(22)23)21-20-12-13-7-9-14(19)10-8-13/h2-10,12H,1,11H2/b20-12-,21-17-. The van der Waals surface area contributed by atoms with E-state index in [4.69, 9.17) is 11.6 Å². The smallest absolute Gasteiger partial charge is 0.279 e. The average molecular weight is 324 g/mol. The molecule has 114 valence electrons. The van der Waals surface area contributed by atoms with Crippen molar-refractivity contribution in [2.24, 2.45) is 10.2 Å². The Morgan fingerprint density at radius 1 is 1.13 bits per heavy atom. The summed E-state index contributed by atoms with van der Waals surface area (Å²) in [4.78, 5) is 14.1. The third-order valence-corrected chi connectivity index (χ3v) is 3.70. The summed E-state index contributed by atoms with van der Waals surface area (Å²) < 4.78 is 0. The molecule has 0 saturated heterocycles. The molecular formula is C18H14ClN3O. The van der Waals surface area contributed by atoms with E-state index in [2.05, 4.69) is 16.8 Å². The number of carbonyl (C=O) groups is 1. The van der Waals surface area contributed by atoms with Crippen molar-refractivity contribution in [3.63, 3.8) is 0 Å². The predicted molar refractivity (Wildman–Crippen MR) is 94.6 cm³/mol. The number of nitrogens with zero attached hydrogens (tertiary/aromatic N) is 3. The van der Waals surface area contributed by atoms with Crippen LogP contribution >= 0.6 is 11.6 Å². The molecule has 0 spiro atoms. The lowest BCUT2D eigenvalue weighted by Gasteiger charge is -2.13. The molecule has 1 aliphatic heterocycles. The van der Waals surface area contributed by atoms with E-state index in [0.717, 1.165) is 16.8 Å². The number of benzene rings is 2. The fraction of sp³-hybridized carbons (Fsp3) is 0.0556. The average Bonchev–Trinajstić information content (AvgIpc) is 2.83. The minimum Gasteiger partial charge on any atom is -0.302 e. The number of carbonyl (C=O) groups excluding carboxylic acids is 1. The van der Waals surface area contributed by atoms with Crippen molar-refractivity contribution >= 4 is 35.1 Å². The molecule has 5 heteroatoms. The van der Waals surface area contributed by atoms with Crippen LogP contribution in [-0.4, -0.2) is 24.4 Å². The summed E-state index contributed by atoms with van der Waals surface area (Å²) in [5.74, 6) is -0.167. The minimum absolute atomic E-state index is 0.167. The number of anilines is 1. The van der Waals surface area contributed by atoms with Crippen molar-refractivity contribution in [2.75, 3.05) is 11.4 Å². The third kappa shape index (κ3) is 3.07. The van der Waals surface area contributed by atoms with Crippen LogP contribution in [0.25, 0.3) is 0 Å². The molecule has 4 nitrogen and oxygen atoms in total. The van der Waals surface area contributed by atoms with Gasteiger partial charge in [-0.05, 0) is 23.8 Å². The Morgan fingerprint density at radius 2 is 1.87 bits per heavy atom. The van der Waals surface area contributed by atoms with Crippen LogP contribution in [0.3, 0.4) is 0 Å². The first kappa shape index (κ1) is 15.2. The first-order valence-electron chi connectivity index (χ1n) is 7.09. The lowest BCUT2D eigenvalue weighted by molar-refractivity contribution is -0.112. The Labute approximate surface area is 139 Å². The molecule has 1 aliphatic rings. The van der Waals surface area contributed by atoms with Crippen molar-refractivity contribution in [1.82, 2.24) is 0 Å². The summed E-state index contributed by atoms with van der Waals surface area (Å²) in [5, 5.41) is 8.83. The van der Waals surface area contributed by atoms with Crippen molar-refractivity contribution < 1.29 is 4.79 Å². The van der Waals surface area contributed by atoms with Crippen molar-refractivity contribution in [2.45, 2.75) is 0 Å². The third-order valence-electron chi connectivity index (χ3n) is 3.44. The molecule has 0 fully saturated rings. The van der Waals surface area contributed by atoms with E-state index in [1.807, 2.05) is 36.4 Å². The molecule has 3 rings (SSSR count). The fourth-order valence-electron chi connectivity index (χ4n) is 2.37. The van der Waals surface area contributed by atoms with Gasteiger partial charge in [-0.1, -0.05) is 48.0 Å². The maximum Gasteiger partial charge on any atom is 0.279 e. The van der Waals surface area contributed by atoms with Crippen molar-refractivity contribution in [3.05, 3.63) is 77.3 Å². The monoisotopic (exact) mass is 323 g/mol. The van der Waals surface area contributed by atoms with Crippen LogP contribution in [0.4, 0.5) is 5.69 Å². The van der Waals surface area contributed by atoms with Gasteiger partial charge in [0.2, 0.25) is 0 Å². The van der Waals surface area contributed by atoms with Gasteiger partial charge >= 0.3 is 0 Å². The maximum atomic E-state index is 12.5. The van der Waals surface area contributed by atoms with Crippen LogP contribution < -0.4 is 4.90 Å². The molecule has 23 heavy (non-hydrogen) atoms. The zero-order chi connectivity index (χ0) is 16.2. The van der Waals surface area contributed by atoms with Gasteiger partial charge in [-0.15, -0.1) is 11.7 Å². The van der Waals surface area contributed by atoms with Crippen LogP contribution in [-0.2, 0) is 4.79 Å². The van der Waals surface area contributed by atoms with Gasteiger partial charge in [0.05, 0.1) is 11.9 Å². The van der Waals surface area contributed by atoms with Crippen LogP contribution in [0.5, 0.6) is 0 Å². The summed E-state index contributed by atoms with van der Waals surface area (Å²) in [6.07, 6.45) is 3.28. The van der Waals surface area contributed by atoms with Crippen molar-refractivity contribution in [1.29, 1.82) is 0 Å². The highest BCUT2D eigenvalue weighted by atomic mass is 35.5. The first-order chi connectivity index (χ1) is 11.2. The Kier molecular flexibility index (Phi) is 4.35. The summed E-state index contributed by atoms with van der Waals surface area (Å²) >= 11 is 5.84. The molecule has 1 amide bonds. The minimum atomic E-state index is -0.167. The van der Waals surface area contributed by atoms with Crippen LogP contribution in [0.15, 0.2) is 71.4 Å². The molecule has 1 heterocycles. The number of hydrogen-bond donors (Lipinski definition) is 0. The van der Waals surface area contributed by atoms with Gasteiger partial charge in [0.25, 0.3) is 5.91 Å². The van der Waals surface area contributed by atoms with Crippen molar-refractivity contribution in [3.8, 4) is 0 Å². The highest BCUT2D eigenvalue weighted by Gasteiger charge is 2.32. The van der Waals surface area contributed by atoms with E-state index in [9.17, 15) is 4.79 Å². The van der Waals surface area contributed by atoms with E-state index in [1.165, 1.54) is 0 Å². The quantitative estimate of drug-likeness (QED) is 0.481. The second-order valence-electron chi connectivity index (χ2n) is 4.97. The molecule has 0 bridgehead atoms. The number of fused-ring (bicyclic) bond motifs is 1. The summed E-state index contributed by atoms with van der Waals surface area (Å²) in [6, 6.07) is 14.7. The Bertz CT molecular complexity index is 809. The molecule has 2 aromatic rings. The summed E-state index contributed by atoms with van der Waals surface area (Å²) in [7, 11) is 0.